The molecule has 0 aliphatic heterocycles. The molecule has 0 fully saturated rings. The van der Waals surface area contributed by atoms with Gasteiger partial charge in [0.15, 0.2) is 0 Å². The van der Waals surface area contributed by atoms with Gasteiger partial charge in [-0.15, -0.1) is 5.73 Å². The maximum Gasteiger partial charge on any atom is 0.104 e. The van der Waals surface area contributed by atoms with Crippen LogP contribution in [0.4, 0.5) is 0 Å². The van der Waals surface area contributed by atoms with Crippen LogP contribution in [0, 0.1) is 0 Å². The number of benzene rings is 2. The van der Waals surface area contributed by atoms with Gasteiger partial charge in [-0.05, 0) is 28.5 Å². The molecule has 2 aromatic rings. The average Bonchev–Trinajstić information content (AvgIpc) is 2.29. The monoisotopic (exact) mass is 196 g/mol. The van der Waals surface area contributed by atoms with Crippen LogP contribution in [0.15, 0.2) is 60.9 Å². The molecule has 0 bridgehead atoms. The van der Waals surface area contributed by atoms with Crippen LogP contribution in [0.3, 0.4) is 0 Å². The van der Waals surface area contributed by atoms with Gasteiger partial charge in [0.1, 0.15) is 6.10 Å². The van der Waals surface area contributed by atoms with Crippen molar-refractivity contribution in [3.05, 3.63) is 66.4 Å². The Kier molecular flexibility index (Phi) is 2.68. The van der Waals surface area contributed by atoms with Gasteiger partial charge in [0.2, 0.25) is 0 Å². The normalized spacial score (nSPS) is 12.1. The largest absolute Gasteiger partial charge is 0.384 e. The van der Waals surface area contributed by atoms with Gasteiger partial charge in [0, 0.05) is 0 Å². The molecular weight excluding hydrogens is 184 g/mol. The molecular formula is C14H12O. The zero-order valence-electron chi connectivity index (χ0n) is 8.35. The van der Waals surface area contributed by atoms with E-state index >= 15 is 0 Å². The van der Waals surface area contributed by atoms with Crippen molar-refractivity contribution >= 4 is 10.8 Å². The molecule has 15 heavy (non-hydrogen) atoms. The first kappa shape index (κ1) is 9.72. The van der Waals surface area contributed by atoms with E-state index < -0.39 is 6.10 Å². The quantitative estimate of drug-likeness (QED) is 0.731. The van der Waals surface area contributed by atoms with Crippen molar-refractivity contribution < 1.29 is 5.11 Å². The first-order chi connectivity index (χ1) is 7.31. The Bertz CT molecular complexity index is 522. The number of hydrogen-bond acceptors (Lipinski definition) is 1. The summed E-state index contributed by atoms with van der Waals surface area (Å²) in [4.78, 5) is 0. The molecule has 0 aromatic heterocycles. The van der Waals surface area contributed by atoms with Gasteiger partial charge in [-0.1, -0.05) is 43.0 Å². The maximum absolute atomic E-state index is 9.72. The molecule has 0 aliphatic rings. The fourth-order valence-electron chi connectivity index (χ4n) is 1.60. The van der Waals surface area contributed by atoms with Crippen LogP contribution in [-0.2, 0) is 0 Å². The molecule has 2 aromatic carbocycles. The standard InChI is InChI=1S/C14H12O/c1-2-5-14(15)13-9-8-11-6-3-4-7-12(11)10-13/h3-10,14-15H,1H2/t14-/m1/s1. The van der Waals surface area contributed by atoms with Crippen molar-refractivity contribution in [2.75, 3.05) is 0 Å². The minimum absolute atomic E-state index is 0.618. The molecule has 0 saturated heterocycles. The van der Waals surface area contributed by atoms with Gasteiger partial charge in [0.05, 0.1) is 0 Å². The van der Waals surface area contributed by atoms with E-state index in [9.17, 15) is 5.11 Å². The summed E-state index contributed by atoms with van der Waals surface area (Å²) in [7, 11) is 0. The molecule has 0 radical (unpaired) electrons. The third-order valence-electron chi connectivity index (χ3n) is 2.39. The predicted octanol–water partition coefficient (Wildman–Crippen LogP) is 3.21. The van der Waals surface area contributed by atoms with Gasteiger partial charge in [0.25, 0.3) is 0 Å². The second-order valence-corrected chi connectivity index (χ2v) is 3.42. The molecule has 0 unspecified atom stereocenters. The Morgan fingerprint density at radius 1 is 1.13 bits per heavy atom. The van der Waals surface area contributed by atoms with Crippen molar-refractivity contribution in [1.29, 1.82) is 0 Å². The molecule has 74 valence electrons. The minimum atomic E-state index is -0.618. The average molecular weight is 196 g/mol. The van der Waals surface area contributed by atoms with Crippen LogP contribution in [0.25, 0.3) is 10.8 Å². The van der Waals surface area contributed by atoms with E-state index in [1.807, 2.05) is 36.4 Å². The van der Waals surface area contributed by atoms with Gasteiger partial charge in [-0.25, -0.2) is 0 Å². The molecule has 1 N–H and O–H groups in total. The highest BCUT2D eigenvalue weighted by Gasteiger charge is 2.03. The minimum Gasteiger partial charge on any atom is -0.384 e. The number of rotatable bonds is 2. The van der Waals surface area contributed by atoms with Gasteiger partial charge < -0.3 is 5.11 Å². The molecule has 1 atom stereocenters. The van der Waals surface area contributed by atoms with Crippen LogP contribution >= 0.6 is 0 Å². The lowest BCUT2D eigenvalue weighted by Crippen LogP contribution is -1.91. The van der Waals surface area contributed by atoms with E-state index in [-0.39, 0.29) is 0 Å². The van der Waals surface area contributed by atoms with E-state index in [1.165, 1.54) is 5.39 Å². The summed E-state index contributed by atoms with van der Waals surface area (Å²) in [6, 6.07) is 14.0. The third kappa shape index (κ3) is 1.99. The summed E-state index contributed by atoms with van der Waals surface area (Å²) in [5.41, 5.74) is 3.45. The molecule has 0 spiro atoms. The number of fused-ring (bicyclic) bond motifs is 1. The van der Waals surface area contributed by atoms with Crippen molar-refractivity contribution in [1.82, 2.24) is 0 Å². The van der Waals surface area contributed by atoms with Crippen molar-refractivity contribution in [3.8, 4) is 0 Å². The van der Waals surface area contributed by atoms with Crippen LogP contribution < -0.4 is 0 Å². The Labute approximate surface area is 89.0 Å². The van der Waals surface area contributed by atoms with Gasteiger partial charge in [-0.3, -0.25) is 0 Å². The lowest BCUT2D eigenvalue weighted by molar-refractivity contribution is 0.229. The summed E-state index contributed by atoms with van der Waals surface area (Å²) in [5, 5.41) is 12.0. The summed E-state index contributed by atoms with van der Waals surface area (Å²) in [5.74, 6) is 0. The molecule has 0 aliphatic carbocycles. The van der Waals surface area contributed by atoms with E-state index in [0.29, 0.717) is 0 Å². The van der Waals surface area contributed by atoms with Crippen molar-refractivity contribution in [3.63, 3.8) is 0 Å². The number of aliphatic hydroxyl groups is 1. The highest BCUT2D eigenvalue weighted by Crippen LogP contribution is 2.20. The van der Waals surface area contributed by atoms with Crippen LogP contribution in [0.5, 0.6) is 0 Å². The second kappa shape index (κ2) is 4.14. The fourth-order valence-corrected chi connectivity index (χ4v) is 1.60. The van der Waals surface area contributed by atoms with Crippen LogP contribution in [0.1, 0.15) is 11.7 Å². The summed E-state index contributed by atoms with van der Waals surface area (Å²) >= 11 is 0. The Morgan fingerprint density at radius 3 is 2.60 bits per heavy atom. The lowest BCUT2D eigenvalue weighted by Gasteiger charge is -2.06. The number of hydrogen-bond donors (Lipinski definition) is 1. The number of aliphatic hydroxyl groups excluding tert-OH is 1. The van der Waals surface area contributed by atoms with Crippen molar-refractivity contribution in [2.24, 2.45) is 0 Å². The van der Waals surface area contributed by atoms with E-state index in [2.05, 4.69) is 18.4 Å². The van der Waals surface area contributed by atoms with Crippen LogP contribution in [-0.4, -0.2) is 5.11 Å². The summed E-state index contributed by atoms with van der Waals surface area (Å²) in [6.45, 7) is 3.45. The highest BCUT2D eigenvalue weighted by atomic mass is 16.3. The molecule has 2 rings (SSSR count). The fraction of sp³-hybridized carbons (Fsp3) is 0.0714. The smallest absolute Gasteiger partial charge is 0.104 e. The molecule has 0 heterocycles. The van der Waals surface area contributed by atoms with Crippen LogP contribution in [0.2, 0.25) is 0 Å². The molecule has 1 heteroatoms. The first-order valence-electron chi connectivity index (χ1n) is 4.84. The van der Waals surface area contributed by atoms with E-state index in [4.69, 9.17) is 0 Å². The van der Waals surface area contributed by atoms with Gasteiger partial charge in [-0.2, -0.15) is 0 Å². The summed E-state index contributed by atoms with van der Waals surface area (Å²) in [6.07, 6.45) is 0.927. The summed E-state index contributed by atoms with van der Waals surface area (Å²) < 4.78 is 0. The SMILES string of the molecule is C=C=C[C@@H](O)c1ccc2ccccc2c1. The second-order valence-electron chi connectivity index (χ2n) is 3.42. The zero-order chi connectivity index (χ0) is 10.7. The first-order valence-corrected chi connectivity index (χ1v) is 4.84. The topological polar surface area (TPSA) is 20.2 Å². The maximum atomic E-state index is 9.72. The molecule has 0 saturated carbocycles. The third-order valence-corrected chi connectivity index (χ3v) is 2.39. The van der Waals surface area contributed by atoms with E-state index in [1.54, 1.807) is 6.08 Å². The van der Waals surface area contributed by atoms with Gasteiger partial charge >= 0.3 is 0 Å². The van der Waals surface area contributed by atoms with Crippen molar-refractivity contribution in [2.45, 2.75) is 6.10 Å². The Hall–Kier alpha value is -1.82. The van der Waals surface area contributed by atoms with E-state index in [0.717, 1.165) is 10.9 Å². The molecule has 1 nitrogen and oxygen atoms in total. The predicted molar refractivity (Wildman–Crippen MR) is 62.6 cm³/mol. The highest BCUT2D eigenvalue weighted by molar-refractivity contribution is 5.83. The zero-order valence-corrected chi connectivity index (χ0v) is 8.35. The molecule has 0 amide bonds. The lowest BCUT2D eigenvalue weighted by atomic mass is 10.0. The Morgan fingerprint density at radius 2 is 1.87 bits per heavy atom. The Balaban J connectivity index is 2.51.